The van der Waals surface area contributed by atoms with E-state index in [4.69, 9.17) is 0 Å². The SMILES string of the molecule is CC(C)NCCc1ccccc1CN(C)C(C)C(C)(C)C. The molecule has 1 rings (SSSR count). The number of hydrogen-bond donors (Lipinski definition) is 1. The molecule has 1 atom stereocenters. The Kier molecular flexibility index (Phi) is 6.89. The first kappa shape index (κ1) is 18.2. The molecular weight excluding hydrogens is 256 g/mol. The summed E-state index contributed by atoms with van der Waals surface area (Å²) in [7, 11) is 2.24. The van der Waals surface area contributed by atoms with E-state index in [-0.39, 0.29) is 0 Å². The van der Waals surface area contributed by atoms with Crippen LogP contribution in [0.3, 0.4) is 0 Å². The Morgan fingerprint density at radius 1 is 1.05 bits per heavy atom. The van der Waals surface area contributed by atoms with Crippen molar-refractivity contribution in [2.75, 3.05) is 13.6 Å². The van der Waals surface area contributed by atoms with Crippen LogP contribution in [0.2, 0.25) is 0 Å². The molecule has 1 aromatic carbocycles. The highest BCUT2D eigenvalue weighted by Gasteiger charge is 2.24. The molecule has 1 unspecified atom stereocenters. The lowest BCUT2D eigenvalue weighted by atomic mass is 9.87. The molecule has 21 heavy (non-hydrogen) atoms. The molecule has 0 aromatic heterocycles. The third-order valence-electron chi connectivity index (χ3n) is 4.40. The van der Waals surface area contributed by atoms with E-state index < -0.39 is 0 Å². The van der Waals surface area contributed by atoms with Crippen LogP contribution in [0.25, 0.3) is 0 Å². The van der Waals surface area contributed by atoms with Gasteiger partial charge in [0.25, 0.3) is 0 Å². The van der Waals surface area contributed by atoms with Gasteiger partial charge in [-0.1, -0.05) is 58.9 Å². The molecule has 1 N–H and O–H groups in total. The second kappa shape index (κ2) is 7.95. The normalized spacial score (nSPS) is 14.0. The minimum Gasteiger partial charge on any atom is -0.314 e. The molecule has 0 radical (unpaired) electrons. The molecule has 0 saturated carbocycles. The van der Waals surface area contributed by atoms with Crippen molar-refractivity contribution in [3.8, 4) is 0 Å². The fraction of sp³-hybridized carbons (Fsp3) is 0.684. The van der Waals surface area contributed by atoms with Crippen LogP contribution < -0.4 is 5.32 Å². The van der Waals surface area contributed by atoms with Gasteiger partial charge < -0.3 is 5.32 Å². The van der Waals surface area contributed by atoms with Crippen molar-refractivity contribution >= 4 is 0 Å². The van der Waals surface area contributed by atoms with E-state index in [0.717, 1.165) is 19.5 Å². The third kappa shape index (κ3) is 6.19. The molecule has 1 aromatic rings. The molecule has 0 fully saturated rings. The van der Waals surface area contributed by atoms with Crippen LogP contribution in [0, 0.1) is 5.41 Å². The van der Waals surface area contributed by atoms with E-state index in [1.54, 1.807) is 0 Å². The summed E-state index contributed by atoms with van der Waals surface area (Å²) in [5.74, 6) is 0. The Morgan fingerprint density at radius 2 is 1.62 bits per heavy atom. The highest BCUT2D eigenvalue weighted by atomic mass is 15.1. The van der Waals surface area contributed by atoms with E-state index >= 15 is 0 Å². The lowest BCUT2D eigenvalue weighted by Crippen LogP contribution is -2.39. The van der Waals surface area contributed by atoms with Gasteiger partial charge in [-0.25, -0.2) is 0 Å². The number of rotatable bonds is 7. The third-order valence-corrected chi connectivity index (χ3v) is 4.40. The molecule has 0 aliphatic carbocycles. The van der Waals surface area contributed by atoms with Gasteiger partial charge in [-0.3, -0.25) is 4.90 Å². The summed E-state index contributed by atoms with van der Waals surface area (Å²) in [6.45, 7) is 15.7. The second-order valence-corrected chi connectivity index (χ2v) is 7.58. The maximum absolute atomic E-state index is 3.51. The van der Waals surface area contributed by atoms with Crippen molar-refractivity contribution in [2.24, 2.45) is 5.41 Å². The van der Waals surface area contributed by atoms with Gasteiger partial charge in [0.1, 0.15) is 0 Å². The fourth-order valence-electron chi connectivity index (χ4n) is 2.52. The molecule has 2 nitrogen and oxygen atoms in total. The number of benzene rings is 1. The molecule has 0 spiro atoms. The van der Waals surface area contributed by atoms with Crippen molar-refractivity contribution in [1.29, 1.82) is 0 Å². The predicted octanol–water partition coefficient (Wildman–Crippen LogP) is 4.09. The van der Waals surface area contributed by atoms with E-state index in [0.29, 0.717) is 17.5 Å². The van der Waals surface area contributed by atoms with E-state index in [1.165, 1.54) is 11.1 Å². The van der Waals surface area contributed by atoms with Gasteiger partial charge in [0, 0.05) is 18.6 Å². The van der Waals surface area contributed by atoms with Crippen LogP contribution in [0.4, 0.5) is 0 Å². The van der Waals surface area contributed by atoms with E-state index in [9.17, 15) is 0 Å². The fourth-order valence-corrected chi connectivity index (χ4v) is 2.52. The van der Waals surface area contributed by atoms with Crippen molar-refractivity contribution < 1.29 is 0 Å². The molecule has 120 valence electrons. The first-order valence-corrected chi connectivity index (χ1v) is 8.22. The Morgan fingerprint density at radius 3 is 2.14 bits per heavy atom. The first-order valence-electron chi connectivity index (χ1n) is 8.22. The maximum Gasteiger partial charge on any atom is 0.0236 e. The highest BCUT2D eigenvalue weighted by Crippen LogP contribution is 2.24. The molecule has 0 saturated heterocycles. The predicted molar refractivity (Wildman–Crippen MR) is 93.7 cm³/mol. The smallest absolute Gasteiger partial charge is 0.0236 e. The van der Waals surface area contributed by atoms with Crippen LogP contribution in [0.5, 0.6) is 0 Å². The summed E-state index contributed by atoms with van der Waals surface area (Å²) < 4.78 is 0. The largest absolute Gasteiger partial charge is 0.314 e. The zero-order valence-corrected chi connectivity index (χ0v) is 15.0. The zero-order valence-electron chi connectivity index (χ0n) is 15.0. The Labute approximate surface area is 131 Å². The van der Waals surface area contributed by atoms with Crippen LogP contribution >= 0.6 is 0 Å². The summed E-state index contributed by atoms with van der Waals surface area (Å²) in [5.41, 5.74) is 3.24. The van der Waals surface area contributed by atoms with Gasteiger partial charge in [0.2, 0.25) is 0 Å². The van der Waals surface area contributed by atoms with Crippen LogP contribution in [0.1, 0.15) is 52.7 Å². The molecule has 0 aliphatic rings. The zero-order chi connectivity index (χ0) is 16.0. The summed E-state index contributed by atoms with van der Waals surface area (Å²) >= 11 is 0. The van der Waals surface area contributed by atoms with Gasteiger partial charge in [0.15, 0.2) is 0 Å². The monoisotopic (exact) mass is 290 g/mol. The average molecular weight is 290 g/mol. The van der Waals surface area contributed by atoms with Gasteiger partial charge in [-0.05, 0) is 43.5 Å². The lowest BCUT2D eigenvalue weighted by molar-refractivity contribution is 0.134. The van der Waals surface area contributed by atoms with Crippen molar-refractivity contribution in [3.05, 3.63) is 35.4 Å². The van der Waals surface area contributed by atoms with Crippen LogP contribution in [0.15, 0.2) is 24.3 Å². The Bertz CT molecular complexity index is 418. The highest BCUT2D eigenvalue weighted by molar-refractivity contribution is 5.27. The summed E-state index contributed by atoms with van der Waals surface area (Å²) in [6.07, 6.45) is 1.10. The number of nitrogens with zero attached hydrogens (tertiary/aromatic N) is 1. The number of hydrogen-bond acceptors (Lipinski definition) is 2. The van der Waals surface area contributed by atoms with Crippen molar-refractivity contribution in [1.82, 2.24) is 10.2 Å². The molecular formula is C19H34N2. The molecule has 0 bridgehead atoms. The topological polar surface area (TPSA) is 15.3 Å². The summed E-state index contributed by atoms with van der Waals surface area (Å²) in [6, 6.07) is 9.97. The van der Waals surface area contributed by atoms with Crippen molar-refractivity contribution in [2.45, 2.75) is 66.6 Å². The minimum atomic E-state index is 0.308. The average Bonchev–Trinajstić information content (AvgIpc) is 2.38. The van der Waals surface area contributed by atoms with Crippen LogP contribution in [-0.2, 0) is 13.0 Å². The molecule has 0 aliphatic heterocycles. The summed E-state index contributed by atoms with van der Waals surface area (Å²) in [5, 5.41) is 3.51. The lowest BCUT2D eigenvalue weighted by Gasteiger charge is -2.35. The maximum atomic E-state index is 3.51. The standard InChI is InChI=1S/C19H34N2/c1-15(2)20-13-12-17-10-8-9-11-18(17)14-21(7)16(3)19(4,5)6/h8-11,15-16,20H,12-14H2,1-7H3. The Balaban J connectivity index is 2.70. The minimum absolute atomic E-state index is 0.308. The van der Waals surface area contributed by atoms with Gasteiger partial charge in [-0.2, -0.15) is 0 Å². The molecule has 0 amide bonds. The van der Waals surface area contributed by atoms with Gasteiger partial charge in [0.05, 0.1) is 0 Å². The number of nitrogens with one attached hydrogen (secondary N) is 1. The van der Waals surface area contributed by atoms with Gasteiger partial charge >= 0.3 is 0 Å². The van der Waals surface area contributed by atoms with Crippen molar-refractivity contribution in [3.63, 3.8) is 0 Å². The molecule has 0 heterocycles. The van der Waals surface area contributed by atoms with E-state index in [2.05, 4.69) is 83.1 Å². The first-order chi connectivity index (χ1) is 9.71. The summed E-state index contributed by atoms with van der Waals surface area (Å²) in [4.78, 5) is 2.47. The van der Waals surface area contributed by atoms with Gasteiger partial charge in [-0.15, -0.1) is 0 Å². The van der Waals surface area contributed by atoms with Crippen LogP contribution in [-0.4, -0.2) is 30.6 Å². The molecule has 2 heteroatoms. The second-order valence-electron chi connectivity index (χ2n) is 7.58. The van der Waals surface area contributed by atoms with E-state index in [1.807, 2.05) is 0 Å². The Hall–Kier alpha value is -0.860. The quantitative estimate of drug-likeness (QED) is 0.813.